The quantitative estimate of drug-likeness (QED) is 0.466. The van der Waals surface area contributed by atoms with Gasteiger partial charge in [0.25, 0.3) is 5.69 Å². The van der Waals surface area contributed by atoms with E-state index in [4.69, 9.17) is 0 Å². The smallest absolute Gasteiger partial charge is 0.258 e. The van der Waals surface area contributed by atoms with Crippen LogP contribution in [-0.4, -0.2) is 9.75 Å². The highest BCUT2D eigenvalue weighted by atomic mass is 79.9. The molecule has 0 aliphatic carbocycles. The number of benzene rings is 1. The molecule has 0 aliphatic rings. The Labute approximate surface area is 97.8 Å². The molecule has 1 aromatic carbocycles. The maximum Gasteiger partial charge on any atom is 0.272 e. The third kappa shape index (κ3) is 3.63. The van der Waals surface area contributed by atoms with Crippen molar-refractivity contribution in [2.24, 2.45) is 0 Å². The van der Waals surface area contributed by atoms with Crippen LogP contribution in [0.1, 0.15) is 25.3 Å². The van der Waals surface area contributed by atoms with Gasteiger partial charge in [-0.25, -0.2) is 0 Å². The van der Waals surface area contributed by atoms with Gasteiger partial charge in [-0.15, -0.1) is 0 Å². The minimum absolute atomic E-state index is 0.220. The molecule has 1 unspecified atom stereocenters. The van der Waals surface area contributed by atoms with Crippen molar-refractivity contribution in [3.63, 3.8) is 0 Å². The first-order chi connectivity index (χ1) is 7.15. The fraction of sp³-hybridized carbons (Fsp3) is 0.455. The van der Waals surface area contributed by atoms with E-state index in [9.17, 15) is 10.1 Å². The average molecular weight is 272 g/mol. The molecule has 4 heteroatoms. The van der Waals surface area contributed by atoms with Crippen LogP contribution in [0.2, 0.25) is 0 Å². The molecule has 0 bridgehead atoms. The number of hydrogen-bond acceptors (Lipinski definition) is 2. The van der Waals surface area contributed by atoms with E-state index < -0.39 is 0 Å². The highest BCUT2D eigenvalue weighted by molar-refractivity contribution is 9.09. The molecule has 1 rings (SSSR count). The number of alkyl halides is 1. The Bertz CT molecular complexity index is 341. The topological polar surface area (TPSA) is 43.1 Å². The molecule has 0 aromatic heterocycles. The van der Waals surface area contributed by atoms with E-state index in [0.29, 0.717) is 11.2 Å². The molecule has 0 heterocycles. The highest BCUT2D eigenvalue weighted by Gasteiger charge is 2.14. The molecule has 0 amide bonds. The van der Waals surface area contributed by atoms with Crippen LogP contribution in [0.3, 0.4) is 0 Å². The highest BCUT2D eigenvalue weighted by Crippen LogP contribution is 2.23. The van der Waals surface area contributed by atoms with Gasteiger partial charge < -0.3 is 0 Å². The van der Waals surface area contributed by atoms with Crippen molar-refractivity contribution in [2.75, 3.05) is 0 Å². The molecular formula is C11H14BrNO2. The van der Waals surface area contributed by atoms with Gasteiger partial charge in [-0.05, 0) is 12.8 Å². The van der Waals surface area contributed by atoms with E-state index >= 15 is 0 Å². The van der Waals surface area contributed by atoms with Gasteiger partial charge in [0.2, 0.25) is 0 Å². The van der Waals surface area contributed by atoms with E-state index in [0.717, 1.165) is 18.4 Å². The van der Waals surface area contributed by atoms with Gasteiger partial charge in [0.15, 0.2) is 0 Å². The third-order valence-corrected chi connectivity index (χ3v) is 3.01. The Morgan fingerprint density at radius 1 is 1.47 bits per heavy atom. The van der Waals surface area contributed by atoms with Crippen LogP contribution >= 0.6 is 15.9 Å². The summed E-state index contributed by atoms with van der Waals surface area (Å²) < 4.78 is 0. The molecule has 0 fully saturated rings. The Kier molecular flexibility index (Phi) is 4.75. The van der Waals surface area contributed by atoms with Crippen molar-refractivity contribution in [3.8, 4) is 0 Å². The molecule has 0 spiro atoms. The monoisotopic (exact) mass is 271 g/mol. The first-order valence-corrected chi connectivity index (χ1v) is 5.93. The van der Waals surface area contributed by atoms with Crippen LogP contribution in [0.25, 0.3) is 0 Å². The number of hydrogen-bond donors (Lipinski definition) is 0. The number of rotatable bonds is 5. The maximum atomic E-state index is 10.8. The second-order valence-corrected chi connectivity index (χ2v) is 4.77. The second-order valence-electron chi connectivity index (χ2n) is 3.48. The SMILES string of the molecule is CCCC(Br)Cc1ccccc1[N+](=O)[O-]. The van der Waals surface area contributed by atoms with Gasteiger partial charge in [-0.3, -0.25) is 10.1 Å². The molecule has 0 radical (unpaired) electrons. The number of para-hydroxylation sites is 1. The molecule has 0 aliphatic heterocycles. The zero-order chi connectivity index (χ0) is 11.3. The molecule has 15 heavy (non-hydrogen) atoms. The van der Waals surface area contributed by atoms with E-state index in [1.54, 1.807) is 12.1 Å². The summed E-state index contributed by atoms with van der Waals surface area (Å²) >= 11 is 3.54. The van der Waals surface area contributed by atoms with E-state index in [2.05, 4.69) is 22.9 Å². The number of nitrogens with zero attached hydrogens (tertiary/aromatic N) is 1. The first-order valence-electron chi connectivity index (χ1n) is 5.01. The molecule has 0 N–H and O–H groups in total. The summed E-state index contributed by atoms with van der Waals surface area (Å²) in [6, 6.07) is 6.92. The zero-order valence-electron chi connectivity index (χ0n) is 8.65. The molecular weight excluding hydrogens is 258 g/mol. The van der Waals surface area contributed by atoms with Crippen LogP contribution in [0.15, 0.2) is 24.3 Å². The van der Waals surface area contributed by atoms with Crippen LogP contribution in [0.4, 0.5) is 5.69 Å². The van der Waals surface area contributed by atoms with Crippen LogP contribution in [0.5, 0.6) is 0 Å². The van der Waals surface area contributed by atoms with Crippen LogP contribution in [0, 0.1) is 10.1 Å². The summed E-state index contributed by atoms with van der Waals surface area (Å²) in [5.41, 5.74) is 1.02. The van der Waals surface area contributed by atoms with Gasteiger partial charge in [-0.1, -0.05) is 47.5 Å². The lowest BCUT2D eigenvalue weighted by Crippen LogP contribution is -2.04. The van der Waals surface area contributed by atoms with Crippen molar-refractivity contribution in [1.82, 2.24) is 0 Å². The minimum Gasteiger partial charge on any atom is -0.258 e. The largest absolute Gasteiger partial charge is 0.272 e. The summed E-state index contributed by atoms with van der Waals surface area (Å²) in [4.78, 5) is 10.8. The predicted octanol–water partition coefficient (Wildman–Crippen LogP) is 3.70. The number of halogens is 1. The molecule has 82 valence electrons. The number of nitro groups is 1. The summed E-state index contributed by atoms with van der Waals surface area (Å²) in [7, 11) is 0. The van der Waals surface area contributed by atoms with Crippen molar-refractivity contribution in [1.29, 1.82) is 0 Å². The van der Waals surface area contributed by atoms with Crippen molar-refractivity contribution < 1.29 is 4.92 Å². The Morgan fingerprint density at radius 2 is 2.13 bits per heavy atom. The molecule has 0 saturated carbocycles. The number of nitro benzene ring substituents is 1. The van der Waals surface area contributed by atoms with Crippen LogP contribution < -0.4 is 0 Å². The van der Waals surface area contributed by atoms with E-state index in [1.807, 2.05) is 12.1 Å². The standard InChI is InChI=1S/C11H14BrNO2/c1-2-5-10(12)8-9-6-3-4-7-11(9)13(14)15/h3-4,6-7,10H,2,5,8H2,1H3. The first kappa shape index (κ1) is 12.2. The predicted molar refractivity (Wildman–Crippen MR) is 64.4 cm³/mol. The Hall–Kier alpha value is -0.900. The fourth-order valence-corrected chi connectivity index (χ4v) is 2.32. The lowest BCUT2D eigenvalue weighted by molar-refractivity contribution is -0.385. The van der Waals surface area contributed by atoms with Gasteiger partial charge in [0.05, 0.1) is 4.92 Å². The zero-order valence-corrected chi connectivity index (χ0v) is 10.2. The second kappa shape index (κ2) is 5.85. The summed E-state index contributed by atoms with van der Waals surface area (Å²) in [5.74, 6) is 0. The minimum atomic E-state index is -0.318. The normalized spacial score (nSPS) is 12.4. The van der Waals surface area contributed by atoms with Gasteiger partial charge in [-0.2, -0.15) is 0 Å². The van der Waals surface area contributed by atoms with E-state index in [1.165, 1.54) is 0 Å². The van der Waals surface area contributed by atoms with Gasteiger partial charge >= 0.3 is 0 Å². The summed E-state index contributed by atoms with van der Waals surface area (Å²) in [6.07, 6.45) is 2.83. The van der Waals surface area contributed by atoms with E-state index in [-0.39, 0.29) is 10.6 Å². The lowest BCUT2D eigenvalue weighted by atomic mass is 10.1. The molecule has 3 nitrogen and oxygen atoms in total. The molecule has 0 saturated heterocycles. The van der Waals surface area contributed by atoms with Crippen molar-refractivity contribution >= 4 is 21.6 Å². The van der Waals surface area contributed by atoms with Crippen molar-refractivity contribution in [3.05, 3.63) is 39.9 Å². The van der Waals surface area contributed by atoms with Crippen LogP contribution in [-0.2, 0) is 6.42 Å². The summed E-state index contributed by atoms with van der Waals surface area (Å²) in [5, 5.41) is 10.8. The Morgan fingerprint density at radius 3 is 2.73 bits per heavy atom. The van der Waals surface area contributed by atoms with Crippen molar-refractivity contribution in [2.45, 2.75) is 31.0 Å². The molecule has 1 atom stereocenters. The maximum absolute atomic E-state index is 10.8. The van der Waals surface area contributed by atoms with Gasteiger partial charge in [0, 0.05) is 16.5 Å². The Balaban J connectivity index is 2.79. The lowest BCUT2D eigenvalue weighted by Gasteiger charge is -2.08. The fourth-order valence-electron chi connectivity index (χ4n) is 1.52. The third-order valence-electron chi connectivity index (χ3n) is 2.23. The molecule has 1 aromatic rings. The average Bonchev–Trinajstić information content (AvgIpc) is 2.18. The van der Waals surface area contributed by atoms with Gasteiger partial charge in [0.1, 0.15) is 0 Å². The summed E-state index contributed by atoms with van der Waals surface area (Å²) in [6.45, 7) is 2.10.